The smallest absolute Gasteiger partial charge is 0.255 e. The molecule has 1 aromatic heterocycles. The van der Waals surface area contributed by atoms with Crippen molar-refractivity contribution in [2.45, 2.75) is 38.6 Å². The van der Waals surface area contributed by atoms with Crippen molar-refractivity contribution in [3.8, 4) is 11.4 Å². The van der Waals surface area contributed by atoms with Crippen LogP contribution in [0.4, 0.5) is 11.4 Å². The van der Waals surface area contributed by atoms with Gasteiger partial charge in [0.25, 0.3) is 5.91 Å². The van der Waals surface area contributed by atoms with Crippen molar-refractivity contribution in [3.05, 3.63) is 59.9 Å². The zero-order valence-corrected chi connectivity index (χ0v) is 17.1. The van der Waals surface area contributed by atoms with Gasteiger partial charge >= 0.3 is 0 Å². The molecule has 0 bridgehead atoms. The summed E-state index contributed by atoms with van der Waals surface area (Å²) in [5.74, 6) is 1.88. The van der Waals surface area contributed by atoms with Gasteiger partial charge in [-0.2, -0.15) is 0 Å². The second-order valence-corrected chi connectivity index (χ2v) is 7.73. The molecule has 1 N–H and O–H groups in total. The van der Waals surface area contributed by atoms with Crippen LogP contribution in [0, 0.1) is 0 Å². The van der Waals surface area contributed by atoms with E-state index in [0.717, 1.165) is 41.6 Å². The lowest BCUT2D eigenvalue weighted by atomic mass is 10.1. The summed E-state index contributed by atoms with van der Waals surface area (Å²) < 4.78 is 2.25. The van der Waals surface area contributed by atoms with Gasteiger partial charge in [-0.05, 0) is 61.4 Å². The van der Waals surface area contributed by atoms with E-state index in [0.29, 0.717) is 5.56 Å². The van der Waals surface area contributed by atoms with Crippen molar-refractivity contribution < 1.29 is 4.79 Å². The van der Waals surface area contributed by atoms with E-state index in [4.69, 9.17) is 0 Å². The topological polar surface area (TPSA) is 63.1 Å². The zero-order chi connectivity index (χ0) is 20.2. The van der Waals surface area contributed by atoms with Crippen LogP contribution in [-0.2, 0) is 13.0 Å². The molecule has 1 aliphatic rings. The van der Waals surface area contributed by atoms with E-state index in [1.165, 1.54) is 25.7 Å². The fourth-order valence-corrected chi connectivity index (χ4v) is 3.69. The average molecular weight is 390 g/mol. The van der Waals surface area contributed by atoms with E-state index in [1.54, 1.807) is 0 Å². The number of nitrogens with zero attached hydrogens (tertiary/aromatic N) is 4. The molecule has 4 rings (SSSR count). The molecule has 0 fully saturated rings. The number of rotatable bonds is 4. The van der Waals surface area contributed by atoms with Gasteiger partial charge in [-0.1, -0.05) is 12.8 Å². The number of hydrogen-bond donors (Lipinski definition) is 1. The maximum absolute atomic E-state index is 12.5. The molecule has 1 aliphatic heterocycles. The first-order chi connectivity index (χ1) is 14.1. The number of amides is 1. The fraction of sp³-hybridized carbons (Fsp3) is 0.348. The molecule has 0 atom stereocenters. The molecule has 3 aromatic rings. The Morgan fingerprint density at radius 1 is 0.931 bits per heavy atom. The first-order valence-corrected chi connectivity index (χ1v) is 10.2. The van der Waals surface area contributed by atoms with Gasteiger partial charge in [-0.15, -0.1) is 10.2 Å². The number of aromatic nitrogens is 3. The molecule has 2 heterocycles. The number of carbonyl (C=O) groups excluding carboxylic acids is 1. The van der Waals surface area contributed by atoms with E-state index in [-0.39, 0.29) is 5.91 Å². The summed E-state index contributed by atoms with van der Waals surface area (Å²) in [6.07, 6.45) is 5.87. The maximum Gasteiger partial charge on any atom is 0.255 e. The van der Waals surface area contributed by atoms with Gasteiger partial charge in [-0.3, -0.25) is 4.79 Å². The molecule has 150 valence electrons. The highest BCUT2D eigenvalue weighted by Crippen LogP contribution is 2.24. The van der Waals surface area contributed by atoms with Crippen molar-refractivity contribution in [1.29, 1.82) is 0 Å². The molecule has 29 heavy (non-hydrogen) atoms. The highest BCUT2D eigenvalue weighted by molar-refractivity contribution is 6.04. The van der Waals surface area contributed by atoms with Crippen LogP contribution in [0.5, 0.6) is 0 Å². The molecule has 0 spiro atoms. The van der Waals surface area contributed by atoms with E-state index >= 15 is 0 Å². The van der Waals surface area contributed by atoms with Crippen molar-refractivity contribution >= 4 is 17.3 Å². The third-order valence-electron chi connectivity index (χ3n) is 5.41. The first kappa shape index (κ1) is 19.2. The molecule has 6 nitrogen and oxygen atoms in total. The van der Waals surface area contributed by atoms with Gasteiger partial charge < -0.3 is 14.8 Å². The molecule has 6 heteroatoms. The summed E-state index contributed by atoms with van der Waals surface area (Å²) in [6.45, 7) is 0.971. The van der Waals surface area contributed by atoms with Crippen molar-refractivity contribution in [2.75, 3.05) is 24.3 Å². The monoisotopic (exact) mass is 389 g/mol. The minimum atomic E-state index is -0.115. The highest BCUT2D eigenvalue weighted by atomic mass is 16.1. The van der Waals surface area contributed by atoms with Gasteiger partial charge in [-0.25, -0.2) is 0 Å². The van der Waals surface area contributed by atoms with Gasteiger partial charge in [0, 0.05) is 49.6 Å². The Balaban J connectivity index is 1.47. The number of benzene rings is 2. The Labute approximate surface area is 171 Å². The Hall–Kier alpha value is -3.15. The minimum absolute atomic E-state index is 0.115. The molecule has 0 saturated carbocycles. The lowest BCUT2D eigenvalue weighted by molar-refractivity contribution is 0.102. The predicted molar refractivity (Wildman–Crippen MR) is 116 cm³/mol. The Morgan fingerprint density at radius 2 is 1.66 bits per heavy atom. The summed E-state index contributed by atoms with van der Waals surface area (Å²) in [5, 5.41) is 11.8. The Kier molecular flexibility index (Phi) is 5.60. The van der Waals surface area contributed by atoms with Crippen LogP contribution < -0.4 is 10.2 Å². The molecule has 0 radical (unpaired) electrons. The normalized spacial score (nSPS) is 13.9. The van der Waals surface area contributed by atoms with Crippen molar-refractivity contribution in [2.24, 2.45) is 0 Å². The van der Waals surface area contributed by atoms with E-state index in [9.17, 15) is 4.79 Å². The van der Waals surface area contributed by atoms with Gasteiger partial charge in [0.15, 0.2) is 5.82 Å². The Morgan fingerprint density at radius 3 is 2.38 bits per heavy atom. The zero-order valence-electron chi connectivity index (χ0n) is 17.1. The van der Waals surface area contributed by atoms with E-state index in [1.807, 2.05) is 67.5 Å². The van der Waals surface area contributed by atoms with Crippen molar-refractivity contribution in [1.82, 2.24) is 14.8 Å². The summed E-state index contributed by atoms with van der Waals surface area (Å²) in [7, 11) is 3.96. The fourth-order valence-electron chi connectivity index (χ4n) is 3.69. The van der Waals surface area contributed by atoms with Gasteiger partial charge in [0.05, 0.1) is 0 Å². The van der Waals surface area contributed by atoms with Crippen LogP contribution in [0.15, 0.2) is 48.5 Å². The largest absolute Gasteiger partial charge is 0.378 e. The quantitative estimate of drug-likeness (QED) is 0.719. The summed E-state index contributed by atoms with van der Waals surface area (Å²) in [4.78, 5) is 14.5. The minimum Gasteiger partial charge on any atom is -0.378 e. The predicted octanol–water partition coefficient (Wildman–Crippen LogP) is 4.38. The van der Waals surface area contributed by atoms with Crippen LogP contribution in [0.1, 0.15) is 41.9 Å². The number of hydrogen-bond acceptors (Lipinski definition) is 4. The second kappa shape index (κ2) is 8.47. The summed E-state index contributed by atoms with van der Waals surface area (Å²) >= 11 is 0. The third-order valence-corrected chi connectivity index (χ3v) is 5.41. The summed E-state index contributed by atoms with van der Waals surface area (Å²) in [6, 6.07) is 15.4. The molecule has 2 aromatic carbocycles. The Bertz CT molecular complexity index is 974. The maximum atomic E-state index is 12.5. The SMILES string of the molecule is CN(C)c1ccc(C(=O)Nc2ccc(-c3nnc4n3CCCCCC4)cc2)cc1. The van der Waals surface area contributed by atoms with E-state index in [2.05, 4.69) is 20.1 Å². The molecular weight excluding hydrogens is 362 g/mol. The van der Waals surface area contributed by atoms with Crippen LogP contribution in [0.3, 0.4) is 0 Å². The number of anilines is 2. The number of nitrogens with one attached hydrogen (secondary N) is 1. The van der Waals surface area contributed by atoms with Crippen LogP contribution in [-0.4, -0.2) is 34.8 Å². The molecule has 0 unspecified atom stereocenters. The third kappa shape index (κ3) is 4.31. The van der Waals surface area contributed by atoms with E-state index < -0.39 is 0 Å². The average Bonchev–Trinajstić information content (AvgIpc) is 3.10. The first-order valence-electron chi connectivity index (χ1n) is 10.2. The molecule has 1 amide bonds. The molecule has 0 aliphatic carbocycles. The molecule has 0 saturated heterocycles. The van der Waals surface area contributed by atoms with Crippen molar-refractivity contribution in [3.63, 3.8) is 0 Å². The van der Waals surface area contributed by atoms with Crippen LogP contribution >= 0.6 is 0 Å². The van der Waals surface area contributed by atoms with Gasteiger partial charge in [0.1, 0.15) is 5.82 Å². The second-order valence-electron chi connectivity index (χ2n) is 7.73. The standard InChI is InChI=1S/C23H27N5O/c1-27(2)20-14-10-18(11-15-20)23(29)24-19-12-8-17(9-13-19)22-26-25-21-7-5-3-4-6-16-28(21)22/h8-15H,3-7,16H2,1-2H3,(H,24,29). The lowest BCUT2D eigenvalue weighted by Gasteiger charge is -2.14. The van der Waals surface area contributed by atoms with Gasteiger partial charge in [0.2, 0.25) is 0 Å². The summed E-state index contributed by atoms with van der Waals surface area (Å²) in [5.41, 5.74) is 3.49. The molecular formula is C23H27N5O. The number of aryl methyl sites for hydroxylation is 1. The number of carbonyl (C=O) groups is 1. The highest BCUT2D eigenvalue weighted by Gasteiger charge is 2.15. The van der Waals surface area contributed by atoms with Crippen LogP contribution in [0.2, 0.25) is 0 Å². The van der Waals surface area contributed by atoms with Crippen LogP contribution in [0.25, 0.3) is 11.4 Å². The number of fused-ring (bicyclic) bond motifs is 1. The lowest BCUT2D eigenvalue weighted by Crippen LogP contribution is -2.13.